The maximum atomic E-state index is 6.18. The summed E-state index contributed by atoms with van der Waals surface area (Å²) in [6.45, 7) is 2.95. The molecule has 0 saturated carbocycles. The molecule has 0 bridgehead atoms. The van der Waals surface area contributed by atoms with Crippen LogP contribution < -0.4 is 5.32 Å². The number of halogens is 2. The topological polar surface area (TPSA) is 12.0 Å². The van der Waals surface area contributed by atoms with Crippen molar-refractivity contribution in [2.24, 2.45) is 0 Å². The van der Waals surface area contributed by atoms with E-state index in [1.54, 1.807) is 0 Å². The third kappa shape index (κ3) is 4.53. The van der Waals surface area contributed by atoms with Gasteiger partial charge >= 0.3 is 0 Å². The zero-order valence-corrected chi connectivity index (χ0v) is 14.0. The van der Waals surface area contributed by atoms with E-state index in [0.717, 1.165) is 33.7 Å². The van der Waals surface area contributed by atoms with Crippen molar-refractivity contribution >= 4 is 33.2 Å². The van der Waals surface area contributed by atoms with Crippen LogP contribution in [0.4, 0.5) is 5.69 Å². The molecule has 106 valence electrons. The van der Waals surface area contributed by atoms with Crippen LogP contribution in [0.5, 0.6) is 0 Å². The van der Waals surface area contributed by atoms with Crippen molar-refractivity contribution in [2.75, 3.05) is 5.32 Å². The number of aryl methyl sites for hydroxylation is 1. The Balaban J connectivity index is 1.95. The zero-order valence-electron chi connectivity index (χ0n) is 11.6. The van der Waals surface area contributed by atoms with Crippen LogP contribution in [0.15, 0.2) is 46.9 Å². The fourth-order valence-corrected chi connectivity index (χ4v) is 2.64. The van der Waals surface area contributed by atoms with Gasteiger partial charge in [0.1, 0.15) is 0 Å². The molecule has 0 aliphatic carbocycles. The third-order valence-electron chi connectivity index (χ3n) is 3.26. The number of anilines is 1. The van der Waals surface area contributed by atoms with E-state index in [1.807, 2.05) is 18.2 Å². The van der Waals surface area contributed by atoms with Crippen molar-refractivity contribution in [1.82, 2.24) is 0 Å². The molecule has 0 atom stereocenters. The van der Waals surface area contributed by atoms with Crippen LogP contribution >= 0.6 is 27.5 Å². The number of rotatable bonds is 6. The summed E-state index contributed by atoms with van der Waals surface area (Å²) in [5.74, 6) is 0. The maximum Gasteiger partial charge on any atom is 0.0456 e. The molecule has 0 spiro atoms. The summed E-state index contributed by atoms with van der Waals surface area (Å²) < 4.78 is 1.05. The van der Waals surface area contributed by atoms with Gasteiger partial charge in [-0.3, -0.25) is 0 Å². The van der Waals surface area contributed by atoms with E-state index in [9.17, 15) is 0 Å². The van der Waals surface area contributed by atoms with Crippen LogP contribution in [-0.2, 0) is 13.0 Å². The van der Waals surface area contributed by atoms with Crippen molar-refractivity contribution in [3.8, 4) is 0 Å². The van der Waals surface area contributed by atoms with Crippen LogP contribution in [-0.4, -0.2) is 0 Å². The van der Waals surface area contributed by atoms with E-state index in [4.69, 9.17) is 11.6 Å². The summed E-state index contributed by atoms with van der Waals surface area (Å²) in [6, 6.07) is 14.6. The largest absolute Gasteiger partial charge is 0.381 e. The average molecular weight is 353 g/mol. The van der Waals surface area contributed by atoms with Gasteiger partial charge in [-0.25, -0.2) is 0 Å². The molecular weight excluding hydrogens is 334 g/mol. The van der Waals surface area contributed by atoms with Crippen LogP contribution in [0, 0.1) is 0 Å². The Hall–Kier alpha value is -0.990. The van der Waals surface area contributed by atoms with Crippen molar-refractivity contribution in [2.45, 2.75) is 32.7 Å². The number of unbranched alkanes of at least 4 members (excludes halogenated alkanes) is 1. The van der Waals surface area contributed by atoms with Gasteiger partial charge < -0.3 is 5.32 Å². The molecule has 0 fully saturated rings. The predicted octanol–water partition coefficient (Wildman–Crippen LogP) is 6.06. The highest BCUT2D eigenvalue weighted by Crippen LogP contribution is 2.22. The normalized spacial score (nSPS) is 10.6. The summed E-state index contributed by atoms with van der Waals surface area (Å²) >= 11 is 9.65. The Morgan fingerprint density at radius 3 is 2.55 bits per heavy atom. The van der Waals surface area contributed by atoms with Crippen molar-refractivity contribution in [3.05, 3.63) is 63.1 Å². The summed E-state index contributed by atoms with van der Waals surface area (Å²) in [5.41, 5.74) is 3.62. The third-order valence-corrected chi connectivity index (χ3v) is 4.13. The summed E-state index contributed by atoms with van der Waals surface area (Å²) in [4.78, 5) is 0. The molecule has 1 nitrogen and oxygen atoms in total. The molecule has 2 aromatic rings. The minimum absolute atomic E-state index is 0.729. The number of hydrogen-bond acceptors (Lipinski definition) is 1. The van der Waals surface area contributed by atoms with Crippen molar-refractivity contribution < 1.29 is 0 Å². The van der Waals surface area contributed by atoms with Gasteiger partial charge in [0.2, 0.25) is 0 Å². The minimum atomic E-state index is 0.729. The summed E-state index contributed by atoms with van der Waals surface area (Å²) in [5, 5.41) is 4.20. The molecule has 1 N–H and O–H groups in total. The molecule has 2 rings (SSSR count). The Bertz CT molecular complexity index is 551. The smallest absolute Gasteiger partial charge is 0.0456 e. The van der Waals surface area contributed by atoms with Gasteiger partial charge in [0, 0.05) is 21.7 Å². The second-order valence-electron chi connectivity index (χ2n) is 4.89. The highest BCUT2D eigenvalue weighted by Gasteiger charge is 2.01. The molecule has 0 aliphatic heterocycles. The first-order valence-corrected chi connectivity index (χ1v) is 8.13. The first-order chi connectivity index (χ1) is 9.69. The van der Waals surface area contributed by atoms with Crippen LogP contribution in [0.3, 0.4) is 0 Å². The van der Waals surface area contributed by atoms with Crippen LogP contribution in [0.1, 0.15) is 30.9 Å². The SMILES string of the molecule is CCCCc1ccc(NCc2cc(Br)ccc2Cl)cc1. The van der Waals surface area contributed by atoms with Crippen LogP contribution in [0.2, 0.25) is 5.02 Å². The highest BCUT2D eigenvalue weighted by molar-refractivity contribution is 9.10. The van der Waals surface area contributed by atoms with E-state index in [-0.39, 0.29) is 0 Å². The van der Waals surface area contributed by atoms with E-state index in [0.29, 0.717) is 0 Å². The first kappa shape index (κ1) is 15.4. The second-order valence-corrected chi connectivity index (χ2v) is 6.21. The molecule has 0 amide bonds. The summed E-state index contributed by atoms with van der Waals surface area (Å²) in [7, 11) is 0. The summed E-state index contributed by atoms with van der Waals surface area (Å²) in [6.07, 6.45) is 3.65. The Labute approximate surface area is 134 Å². The molecule has 0 unspecified atom stereocenters. The lowest BCUT2D eigenvalue weighted by Gasteiger charge is -2.09. The molecule has 3 heteroatoms. The van der Waals surface area contributed by atoms with Gasteiger partial charge in [-0.1, -0.05) is 53.0 Å². The van der Waals surface area contributed by atoms with Gasteiger partial charge in [-0.2, -0.15) is 0 Å². The number of hydrogen-bond donors (Lipinski definition) is 1. The fourth-order valence-electron chi connectivity index (χ4n) is 2.05. The van der Waals surface area contributed by atoms with Crippen molar-refractivity contribution in [1.29, 1.82) is 0 Å². The van der Waals surface area contributed by atoms with Gasteiger partial charge in [0.15, 0.2) is 0 Å². The second kappa shape index (κ2) is 7.70. The lowest BCUT2D eigenvalue weighted by molar-refractivity contribution is 0.795. The lowest BCUT2D eigenvalue weighted by atomic mass is 10.1. The Morgan fingerprint density at radius 1 is 1.10 bits per heavy atom. The molecule has 0 heterocycles. The average Bonchev–Trinajstić information content (AvgIpc) is 2.47. The van der Waals surface area contributed by atoms with Crippen molar-refractivity contribution in [3.63, 3.8) is 0 Å². The van der Waals surface area contributed by atoms with Gasteiger partial charge in [-0.05, 0) is 54.3 Å². The quantitative estimate of drug-likeness (QED) is 0.666. The van der Waals surface area contributed by atoms with Gasteiger partial charge in [0.05, 0.1) is 0 Å². The Morgan fingerprint density at radius 2 is 1.85 bits per heavy atom. The van der Waals surface area contributed by atoms with Crippen LogP contribution in [0.25, 0.3) is 0 Å². The highest BCUT2D eigenvalue weighted by atomic mass is 79.9. The standard InChI is InChI=1S/C17H19BrClN/c1-2-3-4-13-5-8-16(9-6-13)20-12-14-11-15(18)7-10-17(14)19/h5-11,20H,2-4,12H2,1H3. The predicted molar refractivity (Wildman–Crippen MR) is 91.5 cm³/mol. The molecule has 0 radical (unpaired) electrons. The molecule has 0 aromatic heterocycles. The number of benzene rings is 2. The molecule has 20 heavy (non-hydrogen) atoms. The zero-order chi connectivity index (χ0) is 14.4. The molecule has 0 saturated heterocycles. The van der Waals surface area contributed by atoms with Gasteiger partial charge in [0.25, 0.3) is 0 Å². The number of nitrogens with one attached hydrogen (secondary N) is 1. The van der Waals surface area contributed by atoms with E-state index < -0.39 is 0 Å². The molecular formula is C17H19BrClN. The lowest BCUT2D eigenvalue weighted by Crippen LogP contribution is -2.00. The van der Waals surface area contributed by atoms with E-state index in [1.165, 1.54) is 18.4 Å². The van der Waals surface area contributed by atoms with E-state index in [2.05, 4.69) is 52.4 Å². The minimum Gasteiger partial charge on any atom is -0.381 e. The fraction of sp³-hybridized carbons (Fsp3) is 0.294. The monoisotopic (exact) mass is 351 g/mol. The van der Waals surface area contributed by atoms with Gasteiger partial charge in [-0.15, -0.1) is 0 Å². The molecule has 0 aliphatic rings. The maximum absolute atomic E-state index is 6.18. The molecule has 2 aromatic carbocycles. The first-order valence-electron chi connectivity index (χ1n) is 6.96. The Kier molecular flexibility index (Phi) is 5.93. The van der Waals surface area contributed by atoms with E-state index >= 15 is 0 Å².